The fraction of sp³-hybridized carbons (Fsp3) is 0.514. The lowest BCUT2D eigenvalue weighted by atomic mass is 9.47. The summed E-state index contributed by atoms with van der Waals surface area (Å²) in [6, 6.07) is 10.2. The van der Waals surface area contributed by atoms with Crippen molar-refractivity contribution in [2.45, 2.75) is 97.7 Å². The van der Waals surface area contributed by atoms with Crippen molar-refractivity contribution in [1.82, 2.24) is 20.5 Å². The molecule has 262 valence electrons. The first-order chi connectivity index (χ1) is 22.9. The molecule has 0 saturated heterocycles. The Labute approximate surface area is 285 Å². The fourth-order valence-electron chi connectivity index (χ4n) is 9.18. The van der Waals surface area contributed by atoms with Crippen LogP contribution in [0.25, 0.3) is 11.0 Å². The van der Waals surface area contributed by atoms with Crippen LogP contribution in [0.1, 0.15) is 90.1 Å². The molecule has 2 aliphatic carbocycles. The molecule has 3 aromatic rings. The van der Waals surface area contributed by atoms with Crippen LogP contribution in [0.15, 0.2) is 57.9 Å². The maximum Gasteiger partial charge on any atom is 0.287 e. The Hall–Kier alpha value is -4.74. The molecule has 2 aliphatic rings. The molecule has 2 bridgehead atoms. The zero-order valence-corrected chi connectivity index (χ0v) is 29.2. The number of rotatable bonds is 11. The van der Waals surface area contributed by atoms with Crippen molar-refractivity contribution in [2.75, 3.05) is 12.4 Å². The molecule has 1 aromatic carbocycles. The Morgan fingerprint density at radius 2 is 1.57 bits per heavy atom. The number of anilines is 1. The number of Topliss-reactive ketones (excluding diaryl/α,β-unsaturated/α-hetero) is 1. The van der Waals surface area contributed by atoms with Gasteiger partial charge in [0.05, 0.1) is 0 Å². The van der Waals surface area contributed by atoms with E-state index in [0.717, 1.165) is 32.1 Å². The van der Waals surface area contributed by atoms with Crippen molar-refractivity contribution in [3.63, 3.8) is 0 Å². The molecule has 12 heteroatoms. The maximum absolute atomic E-state index is 13.6. The molecule has 0 unspecified atom stereocenters. The smallest absolute Gasteiger partial charge is 0.287 e. The molecule has 2 aromatic heterocycles. The number of fused-ring (bicyclic) bond motifs is 3. The predicted octanol–water partition coefficient (Wildman–Crippen LogP) is 4.32. The van der Waals surface area contributed by atoms with Gasteiger partial charge in [-0.2, -0.15) is 0 Å². The summed E-state index contributed by atoms with van der Waals surface area (Å²) in [5, 5.41) is 11.4. The molecule has 0 aliphatic heterocycles. The van der Waals surface area contributed by atoms with Crippen LogP contribution >= 0.6 is 0 Å². The number of hydrogen-bond acceptors (Lipinski definition) is 7. The summed E-state index contributed by atoms with van der Waals surface area (Å²) in [7, 11) is 1.32. The fourth-order valence-corrected chi connectivity index (χ4v) is 9.18. The monoisotopic (exact) mass is 673 g/mol. The molecule has 0 radical (unpaired) electrons. The van der Waals surface area contributed by atoms with Gasteiger partial charge in [0.2, 0.25) is 17.6 Å². The van der Waals surface area contributed by atoms with E-state index < -0.39 is 35.1 Å². The van der Waals surface area contributed by atoms with Gasteiger partial charge in [0.15, 0.2) is 5.76 Å². The molecule has 4 amide bonds. The third-order valence-corrected chi connectivity index (χ3v) is 9.62. The first-order valence-electron chi connectivity index (χ1n) is 16.8. The number of aromatic nitrogens is 1. The SMILES string of the molecule is CNC(=O)C(=O)CC[C@H](NC(=O)c1cc2ccccc2o1)C(=O)Nc1cccn(CC(=O)NC23CC(C)(C)CC(C)(CC(C)(C)C2)C3)c1=O. The standard InChI is InChI=1S/C37H47N5O7/c1-34(2)18-36(5)19-35(3,4)21-37(20-34,22-36)41-29(44)17-42-15-9-11-25(33(42)48)40-30(45)24(13-14-26(43)31(46)38-6)39-32(47)28-16-23-10-7-8-12-27(23)49-28/h7-12,15-16,24H,13-14,17-22H2,1-6H3,(H,38,46)(H,39,47)(H,40,45)(H,41,44)/t24-,36?,37?/m0/s1. The summed E-state index contributed by atoms with van der Waals surface area (Å²) in [6.45, 7) is 11.1. The van der Waals surface area contributed by atoms with Crippen LogP contribution < -0.4 is 26.8 Å². The minimum absolute atomic E-state index is 0.0489. The van der Waals surface area contributed by atoms with E-state index in [1.807, 2.05) is 0 Å². The van der Waals surface area contributed by atoms with Crippen LogP contribution in [0.5, 0.6) is 0 Å². The Kier molecular flexibility index (Phi) is 9.64. The Bertz CT molecular complexity index is 1790. The largest absolute Gasteiger partial charge is 0.451 e. The summed E-state index contributed by atoms with van der Waals surface area (Å²) < 4.78 is 6.86. The van der Waals surface area contributed by atoms with E-state index in [1.165, 1.54) is 29.9 Å². The number of amides is 4. The summed E-state index contributed by atoms with van der Waals surface area (Å²) >= 11 is 0. The van der Waals surface area contributed by atoms with Gasteiger partial charge in [-0.15, -0.1) is 0 Å². The quantitative estimate of drug-likeness (QED) is 0.220. The van der Waals surface area contributed by atoms with Crippen LogP contribution in [0, 0.1) is 16.2 Å². The van der Waals surface area contributed by atoms with E-state index in [0.29, 0.717) is 11.0 Å². The van der Waals surface area contributed by atoms with Crippen LogP contribution in [-0.4, -0.2) is 52.6 Å². The molecule has 1 atom stereocenters. The molecule has 12 nitrogen and oxygen atoms in total. The van der Waals surface area contributed by atoms with E-state index >= 15 is 0 Å². The number of nitrogens with one attached hydrogen (secondary N) is 4. The third kappa shape index (κ3) is 8.29. The third-order valence-electron chi connectivity index (χ3n) is 9.62. The van der Waals surface area contributed by atoms with Gasteiger partial charge in [-0.1, -0.05) is 52.8 Å². The second-order valence-corrected chi connectivity index (χ2v) is 15.9. The van der Waals surface area contributed by atoms with Crippen LogP contribution in [0.2, 0.25) is 0 Å². The summed E-state index contributed by atoms with van der Waals surface area (Å²) in [6.07, 6.45) is 5.67. The summed E-state index contributed by atoms with van der Waals surface area (Å²) in [4.78, 5) is 77.8. The van der Waals surface area contributed by atoms with Gasteiger partial charge < -0.3 is 30.3 Å². The van der Waals surface area contributed by atoms with Gasteiger partial charge in [0.1, 0.15) is 23.9 Å². The highest BCUT2D eigenvalue weighted by Gasteiger charge is 2.56. The number of nitrogens with zero attached hydrogens (tertiary/aromatic N) is 1. The van der Waals surface area contributed by atoms with Gasteiger partial charge >= 0.3 is 0 Å². The number of ketones is 1. The first kappa shape index (κ1) is 35.6. The highest BCUT2D eigenvalue weighted by molar-refractivity contribution is 6.36. The maximum atomic E-state index is 13.6. The van der Waals surface area contributed by atoms with E-state index in [2.05, 4.69) is 55.9 Å². The molecular formula is C37H47N5O7. The van der Waals surface area contributed by atoms with Crippen LogP contribution in [-0.2, 0) is 25.7 Å². The molecule has 49 heavy (non-hydrogen) atoms. The predicted molar refractivity (Wildman–Crippen MR) is 185 cm³/mol. The van der Waals surface area contributed by atoms with Gasteiger partial charge in [0.25, 0.3) is 17.4 Å². The van der Waals surface area contributed by atoms with Crippen molar-refractivity contribution in [2.24, 2.45) is 16.2 Å². The number of carbonyl (C=O) groups is 5. The van der Waals surface area contributed by atoms with Crippen LogP contribution in [0.3, 0.4) is 0 Å². The number of carbonyl (C=O) groups excluding carboxylic acids is 5. The minimum atomic E-state index is -1.30. The minimum Gasteiger partial charge on any atom is -0.451 e. The normalized spacial score (nSPS) is 22.8. The summed E-state index contributed by atoms with van der Waals surface area (Å²) in [5.74, 6) is -3.42. The Morgan fingerprint density at radius 1 is 0.898 bits per heavy atom. The van der Waals surface area contributed by atoms with Crippen molar-refractivity contribution in [3.05, 3.63) is 64.8 Å². The number of hydrogen-bond donors (Lipinski definition) is 4. The van der Waals surface area contributed by atoms with Gasteiger partial charge in [0, 0.05) is 30.6 Å². The first-order valence-corrected chi connectivity index (χ1v) is 16.8. The number of benzene rings is 1. The highest BCUT2D eigenvalue weighted by atomic mass is 16.3. The van der Waals surface area contributed by atoms with Gasteiger partial charge in [-0.3, -0.25) is 28.8 Å². The van der Waals surface area contributed by atoms with E-state index in [1.54, 1.807) is 30.3 Å². The number of para-hydroxylation sites is 1. The van der Waals surface area contributed by atoms with Crippen LogP contribution in [0.4, 0.5) is 5.69 Å². The number of pyridine rings is 1. The highest BCUT2D eigenvalue weighted by Crippen LogP contribution is 2.61. The van der Waals surface area contributed by atoms with E-state index in [4.69, 9.17) is 4.42 Å². The molecule has 2 fully saturated rings. The van der Waals surface area contributed by atoms with Crippen molar-refractivity contribution >= 4 is 46.1 Å². The molecule has 2 heterocycles. The van der Waals surface area contributed by atoms with Gasteiger partial charge in [-0.05, 0) is 79.0 Å². The lowest BCUT2D eigenvalue weighted by Gasteiger charge is -2.61. The van der Waals surface area contributed by atoms with Crippen molar-refractivity contribution in [3.8, 4) is 0 Å². The molecule has 0 spiro atoms. The molecule has 5 rings (SSSR count). The second-order valence-electron chi connectivity index (χ2n) is 15.9. The lowest BCUT2D eigenvalue weighted by Crippen LogP contribution is -2.62. The van der Waals surface area contributed by atoms with E-state index in [9.17, 15) is 28.8 Å². The van der Waals surface area contributed by atoms with Crippen molar-refractivity contribution in [1.29, 1.82) is 0 Å². The summed E-state index contributed by atoms with van der Waals surface area (Å²) in [5.41, 5.74) is -0.417. The Balaban J connectivity index is 1.31. The number of likely N-dealkylation sites (N-methyl/N-ethyl adjacent to an activating group) is 1. The lowest BCUT2D eigenvalue weighted by molar-refractivity contribution is -0.137. The zero-order valence-electron chi connectivity index (χ0n) is 29.2. The average molecular weight is 674 g/mol. The molecular weight excluding hydrogens is 626 g/mol. The zero-order chi connectivity index (χ0) is 35.8. The second kappa shape index (κ2) is 13.3. The topological polar surface area (TPSA) is 169 Å². The molecule has 4 N–H and O–H groups in total. The number of furan rings is 1. The average Bonchev–Trinajstić information content (AvgIpc) is 3.42. The molecule has 2 saturated carbocycles. The van der Waals surface area contributed by atoms with Crippen molar-refractivity contribution < 1.29 is 28.4 Å². The van der Waals surface area contributed by atoms with E-state index in [-0.39, 0.29) is 58.5 Å². The van der Waals surface area contributed by atoms with Gasteiger partial charge in [-0.25, -0.2) is 0 Å². The Morgan fingerprint density at radius 3 is 2.22 bits per heavy atom.